The highest BCUT2D eigenvalue weighted by molar-refractivity contribution is 6.30. The Kier molecular flexibility index (Phi) is 5.19. The lowest BCUT2D eigenvalue weighted by atomic mass is 10.1. The van der Waals surface area contributed by atoms with E-state index in [1.54, 1.807) is 0 Å². The number of benzene rings is 1. The number of nitrogens with one attached hydrogen (secondary N) is 2. The van der Waals surface area contributed by atoms with Crippen molar-refractivity contribution in [3.63, 3.8) is 0 Å². The van der Waals surface area contributed by atoms with E-state index < -0.39 is 0 Å². The maximum Gasteiger partial charge on any atom is 0.223 e. The van der Waals surface area contributed by atoms with Gasteiger partial charge < -0.3 is 15.4 Å². The van der Waals surface area contributed by atoms with Crippen LogP contribution < -0.4 is 10.6 Å². The smallest absolute Gasteiger partial charge is 0.223 e. The van der Waals surface area contributed by atoms with Crippen molar-refractivity contribution in [2.24, 2.45) is 0 Å². The lowest BCUT2D eigenvalue weighted by Gasteiger charge is -2.24. The Labute approximate surface area is 118 Å². The molecule has 2 rings (SSSR count). The summed E-state index contributed by atoms with van der Waals surface area (Å²) in [7, 11) is 0. The fourth-order valence-corrected chi connectivity index (χ4v) is 2.22. The molecule has 104 valence electrons. The number of rotatable bonds is 4. The summed E-state index contributed by atoms with van der Waals surface area (Å²) in [4.78, 5) is 11.9. The molecule has 1 heterocycles. The summed E-state index contributed by atoms with van der Waals surface area (Å²) < 4.78 is 5.51. The minimum atomic E-state index is -0.0266. The fourth-order valence-electron chi connectivity index (χ4n) is 2.09. The number of hydrogen-bond acceptors (Lipinski definition) is 3. The third-order valence-corrected chi connectivity index (χ3v) is 3.42. The highest BCUT2D eigenvalue weighted by atomic mass is 35.5. The third-order valence-electron chi connectivity index (χ3n) is 3.16. The molecule has 2 atom stereocenters. The molecular weight excluding hydrogens is 264 g/mol. The largest absolute Gasteiger partial charge is 0.375 e. The Morgan fingerprint density at radius 3 is 2.89 bits per heavy atom. The molecule has 0 aromatic heterocycles. The van der Waals surface area contributed by atoms with Crippen LogP contribution in [-0.2, 0) is 9.53 Å². The van der Waals surface area contributed by atoms with Crippen LogP contribution in [0.25, 0.3) is 0 Å². The Morgan fingerprint density at radius 1 is 1.53 bits per heavy atom. The van der Waals surface area contributed by atoms with Gasteiger partial charge >= 0.3 is 0 Å². The van der Waals surface area contributed by atoms with Crippen molar-refractivity contribution in [1.29, 1.82) is 0 Å². The predicted molar refractivity (Wildman–Crippen MR) is 75.2 cm³/mol. The molecule has 1 amide bonds. The SMILES string of the molecule is C[C@@H](NC(=O)CC1CNCCO1)c1ccc(Cl)cc1. The van der Waals surface area contributed by atoms with Gasteiger partial charge in [-0.15, -0.1) is 0 Å². The molecule has 0 radical (unpaired) electrons. The molecule has 19 heavy (non-hydrogen) atoms. The van der Waals surface area contributed by atoms with E-state index in [2.05, 4.69) is 10.6 Å². The zero-order valence-electron chi connectivity index (χ0n) is 11.0. The second-order valence-electron chi connectivity index (χ2n) is 4.74. The number of ether oxygens (including phenoxy) is 1. The summed E-state index contributed by atoms with van der Waals surface area (Å²) in [6.45, 7) is 4.23. The molecule has 1 fully saturated rings. The first-order valence-electron chi connectivity index (χ1n) is 6.52. The molecule has 1 aliphatic rings. The van der Waals surface area contributed by atoms with Crippen LogP contribution in [0.1, 0.15) is 24.9 Å². The van der Waals surface area contributed by atoms with Gasteiger partial charge in [-0.1, -0.05) is 23.7 Å². The van der Waals surface area contributed by atoms with Gasteiger partial charge in [-0.25, -0.2) is 0 Å². The maximum atomic E-state index is 11.9. The van der Waals surface area contributed by atoms with Crippen molar-refractivity contribution < 1.29 is 9.53 Å². The molecular formula is C14H19ClN2O2. The van der Waals surface area contributed by atoms with Crippen LogP contribution >= 0.6 is 11.6 Å². The van der Waals surface area contributed by atoms with E-state index in [4.69, 9.17) is 16.3 Å². The normalized spacial score (nSPS) is 20.8. The van der Waals surface area contributed by atoms with Crippen molar-refractivity contribution in [3.05, 3.63) is 34.9 Å². The zero-order valence-corrected chi connectivity index (χ0v) is 11.7. The number of hydrogen-bond donors (Lipinski definition) is 2. The van der Waals surface area contributed by atoms with Crippen molar-refractivity contribution in [2.75, 3.05) is 19.7 Å². The summed E-state index contributed by atoms with van der Waals surface area (Å²) in [5.41, 5.74) is 1.04. The highest BCUT2D eigenvalue weighted by Gasteiger charge is 2.18. The summed E-state index contributed by atoms with van der Waals surface area (Å²) in [6, 6.07) is 7.47. The van der Waals surface area contributed by atoms with Crippen LogP contribution in [0.15, 0.2) is 24.3 Å². The van der Waals surface area contributed by atoms with Gasteiger partial charge in [0.25, 0.3) is 0 Å². The van der Waals surface area contributed by atoms with Gasteiger partial charge in [-0.2, -0.15) is 0 Å². The van der Waals surface area contributed by atoms with E-state index in [0.717, 1.165) is 18.7 Å². The van der Waals surface area contributed by atoms with Gasteiger partial charge in [-0.3, -0.25) is 4.79 Å². The molecule has 1 aliphatic heterocycles. The van der Waals surface area contributed by atoms with Crippen LogP contribution in [0.4, 0.5) is 0 Å². The number of halogens is 1. The topological polar surface area (TPSA) is 50.4 Å². The van der Waals surface area contributed by atoms with E-state index in [1.807, 2.05) is 31.2 Å². The molecule has 0 saturated carbocycles. The number of amides is 1. The number of morpholine rings is 1. The van der Waals surface area contributed by atoms with Crippen LogP contribution in [0, 0.1) is 0 Å². The Balaban J connectivity index is 1.82. The third kappa shape index (κ3) is 4.49. The van der Waals surface area contributed by atoms with Crippen molar-refractivity contribution in [3.8, 4) is 0 Å². The standard InChI is InChI=1S/C14H19ClN2O2/c1-10(11-2-4-12(15)5-3-11)17-14(18)8-13-9-16-6-7-19-13/h2-5,10,13,16H,6-9H2,1H3,(H,17,18)/t10-,13?/m1/s1. The van der Waals surface area contributed by atoms with Crippen molar-refractivity contribution in [1.82, 2.24) is 10.6 Å². The van der Waals surface area contributed by atoms with E-state index in [-0.39, 0.29) is 18.1 Å². The van der Waals surface area contributed by atoms with Gasteiger partial charge in [0.15, 0.2) is 0 Å². The van der Waals surface area contributed by atoms with Gasteiger partial charge in [0, 0.05) is 18.1 Å². The first-order chi connectivity index (χ1) is 9.15. The lowest BCUT2D eigenvalue weighted by molar-refractivity contribution is -0.125. The summed E-state index contributed by atoms with van der Waals surface area (Å²) >= 11 is 5.84. The fraction of sp³-hybridized carbons (Fsp3) is 0.500. The van der Waals surface area contributed by atoms with Gasteiger partial charge in [-0.05, 0) is 24.6 Å². The van der Waals surface area contributed by atoms with E-state index >= 15 is 0 Å². The van der Waals surface area contributed by atoms with E-state index in [9.17, 15) is 4.79 Å². The Bertz CT molecular complexity index is 416. The lowest BCUT2D eigenvalue weighted by Crippen LogP contribution is -2.41. The molecule has 0 bridgehead atoms. The average Bonchev–Trinajstić information content (AvgIpc) is 2.40. The van der Waals surface area contributed by atoms with Crippen LogP contribution in [0.3, 0.4) is 0 Å². The van der Waals surface area contributed by atoms with Gasteiger partial charge in [0.1, 0.15) is 0 Å². The van der Waals surface area contributed by atoms with Crippen LogP contribution in [0.2, 0.25) is 5.02 Å². The van der Waals surface area contributed by atoms with E-state index in [0.29, 0.717) is 18.1 Å². The summed E-state index contributed by atoms with van der Waals surface area (Å²) in [5, 5.41) is 6.88. The molecule has 1 unspecified atom stereocenters. The average molecular weight is 283 g/mol. The monoisotopic (exact) mass is 282 g/mol. The first-order valence-corrected chi connectivity index (χ1v) is 6.90. The van der Waals surface area contributed by atoms with Crippen molar-refractivity contribution >= 4 is 17.5 Å². The zero-order chi connectivity index (χ0) is 13.7. The molecule has 0 spiro atoms. The minimum Gasteiger partial charge on any atom is -0.375 e. The molecule has 2 N–H and O–H groups in total. The molecule has 0 aliphatic carbocycles. The predicted octanol–water partition coefficient (Wildman–Crippen LogP) is 1.90. The number of carbonyl (C=O) groups excluding carboxylic acids is 1. The maximum absolute atomic E-state index is 11.9. The van der Waals surface area contributed by atoms with Gasteiger partial charge in [0.2, 0.25) is 5.91 Å². The molecule has 4 nitrogen and oxygen atoms in total. The molecule has 1 saturated heterocycles. The molecule has 5 heteroatoms. The second-order valence-corrected chi connectivity index (χ2v) is 5.18. The van der Waals surface area contributed by atoms with E-state index in [1.165, 1.54) is 0 Å². The van der Waals surface area contributed by atoms with Crippen LogP contribution in [-0.4, -0.2) is 31.7 Å². The summed E-state index contributed by atoms with van der Waals surface area (Å²) in [6.07, 6.45) is 0.372. The second kappa shape index (κ2) is 6.89. The van der Waals surface area contributed by atoms with Crippen molar-refractivity contribution in [2.45, 2.75) is 25.5 Å². The van der Waals surface area contributed by atoms with Gasteiger partial charge in [0.05, 0.1) is 25.2 Å². The first kappa shape index (κ1) is 14.3. The number of carbonyl (C=O) groups is 1. The van der Waals surface area contributed by atoms with Crippen LogP contribution in [0.5, 0.6) is 0 Å². The highest BCUT2D eigenvalue weighted by Crippen LogP contribution is 2.16. The summed E-state index contributed by atoms with van der Waals surface area (Å²) in [5.74, 6) is 0.0103. The molecule has 1 aromatic carbocycles. The Morgan fingerprint density at radius 2 is 2.26 bits per heavy atom. The Hall–Kier alpha value is -1.10. The quantitative estimate of drug-likeness (QED) is 0.887. The molecule has 1 aromatic rings. The minimum absolute atomic E-state index is 0.0103.